The summed E-state index contributed by atoms with van der Waals surface area (Å²) in [6, 6.07) is 8.40. The van der Waals surface area contributed by atoms with E-state index in [-0.39, 0.29) is 29.1 Å². The summed E-state index contributed by atoms with van der Waals surface area (Å²) in [7, 11) is 3.36. The van der Waals surface area contributed by atoms with E-state index in [4.69, 9.17) is 9.72 Å². The van der Waals surface area contributed by atoms with Gasteiger partial charge in [-0.2, -0.15) is 0 Å². The summed E-state index contributed by atoms with van der Waals surface area (Å²) in [4.78, 5) is 70.0. The Morgan fingerprint density at radius 3 is 2.57 bits per heavy atom. The maximum Gasteiger partial charge on any atom is 0.293 e. The van der Waals surface area contributed by atoms with Crippen molar-refractivity contribution in [1.82, 2.24) is 24.3 Å². The Balaban J connectivity index is 1.23. The molecule has 1 atom stereocenters. The SMILES string of the molecule is C=CC(=O)Nc1cc(Nc2nc(-c3ccnc(N4CCc5cc(C(C)(C)C)sc5C4=O)c3CO)cn(C)c2=O)ccc1C1C(=O)N(C)CCN1C1COC1. The third kappa shape index (κ3) is 6.83. The molecule has 3 aliphatic rings. The van der Waals surface area contributed by atoms with Crippen LogP contribution in [0, 0.1) is 0 Å². The molecule has 3 amide bonds. The summed E-state index contributed by atoms with van der Waals surface area (Å²) >= 11 is 1.49. The molecule has 0 bridgehead atoms. The molecule has 0 saturated carbocycles. The lowest BCUT2D eigenvalue weighted by Gasteiger charge is -2.46. The fourth-order valence-electron chi connectivity index (χ4n) is 7.03. The first-order valence-electron chi connectivity index (χ1n) is 17.8. The number of aliphatic hydroxyl groups excluding tert-OH is 1. The lowest BCUT2D eigenvalue weighted by molar-refractivity contribution is -0.151. The number of anilines is 4. The smallest absolute Gasteiger partial charge is 0.293 e. The second-order valence-electron chi connectivity index (χ2n) is 14.8. The lowest BCUT2D eigenvalue weighted by atomic mass is 9.93. The molecule has 3 N–H and O–H groups in total. The minimum Gasteiger partial charge on any atom is -0.392 e. The van der Waals surface area contributed by atoms with Gasteiger partial charge >= 0.3 is 0 Å². The number of carbonyl (C=O) groups excluding carboxylic acids is 3. The first-order valence-corrected chi connectivity index (χ1v) is 18.6. The van der Waals surface area contributed by atoms with Gasteiger partial charge in [0.25, 0.3) is 11.5 Å². The lowest BCUT2D eigenvalue weighted by Crippen LogP contribution is -2.59. The van der Waals surface area contributed by atoms with Crippen LogP contribution in [0.15, 0.2) is 60.2 Å². The number of aryl methyl sites for hydroxylation is 1. The monoisotopic (exact) mass is 752 g/mol. The standard InChI is InChI=1S/C39H44N8O6S/c1-7-31(49)42-28-17-23(8-9-26(28)32-36(50)44(5)14-15-46(32)24-20-53-21-24)41-34-38(52)45(6)18-29(43-34)25-10-12-40-35(27(25)19-48)47-13-11-22-16-30(39(2,3)4)54-33(22)37(47)51/h7-10,12,16-18,24,32,48H,1,11,13-15,19-21H2,2-6H3,(H,41,43)(H,42,49). The van der Waals surface area contributed by atoms with Gasteiger partial charge in [-0.05, 0) is 47.7 Å². The Hall–Kier alpha value is -5.22. The molecule has 2 fully saturated rings. The molecule has 0 spiro atoms. The molecule has 14 nitrogen and oxygen atoms in total. The van der Waals surface area contributed by atoms with Crippen LogP contribution < -0.4 is 21.1 Å². The number of aliphatic hydroxyl groups is 1. The molecule has 0 aliphatic carbocycles. The number of pyridine rings is 1. The molecule has 4 aromatic rings. The van der Waals surface area contributed by atoms with Crippen molar-refractivity contribution >= 4 is 52.1 Å². The van der Waals surface area contributed by atoms with Crippen molar-refractivity contribution in [3.05, 3.63) is 92.2 Å². The van der Waals surface area contributed by atoms with Crippen LogP contribution in [-0.2, 0) is 39.8 Å². The van der Waals surface area contributed by atoms with E-state index in [9.17, 15) is 24.3 Å². The van der Waals surface area contributed by atoms with Crippen molar-refractivity contribution in [2.75, 3.05) is 55.4 Å². The van der Waals surface area contributed by atoms with Crippen LogP contribution in [0.4, 0.5) is 23.0 Å². The van der Waals surface area contributed by atoms with Gasteiger partial charge in [0.15, 0.2) is 5.82 Å². The first kappa shape index (κ1) is 37.1. The number of ether oxygens (including phenoxy) is 1. The molecule has 6 heterocycles. The van der Waals surface area contributed by atoms with E-state index in [1.165, 1.54) is 15.9 Å². The van der Waals surface area contributed by atoms with Crippen molar-refractivity contribution in [3.63, 3.8) is 0 Å². The Morgan fingerprint density at radius 1 is 1.11 bits per heavy atom. The number of nitrogens with one attached hydrogen (secondary N) is 2. The third-order valence-corrected chi connectivity index (χ3v) is 11.8. The van der Waals surface area contributed by atoms with Crippen LogP contribution in [-0.4, -0.2) is 93.1 Å². The molecular formula is C39H44N8O6S. The van der Waals surface area contributed by atoms with E-state index >= 15 is 0 Å². The van der Waals surface area contributed by atoms with Gasteiger partial charge < -0.3 is 29.9 Å². The zero-order valence-corrected chi connectivity index (χ0v) is 31.8. The molecule has 282 valence electrons. The van der Waals surface area contributed by atoms with Crippen molar-refractivity contribution < 1.29 is 24.2 Å². The number of aromatic nitrogens is 3. The summed E-state index contributed by atoms with van der Waals surface area (Å²) in [5, 5.41) is 16.7. The quantitative estimate of drug-likeness (QED) is 0.213. The Morgan fingerprint density at radius 2 is 1.89 bits per heavy atom. The van der Waals surface area contributed by atoms with Crippen LogP contribution in [0.25, 0.3) is 11.3 Å². The van der Waals surface area contributed by atoms with Gasteiger partial charge in [-0.3, -0.25) is 29.0 Å². The number of benzene rings is 1. The van der Waals surface area contributed by atoms with Crippen LogP contribution >= 0.6 is 11.3 Å². The molecule has 1 aromatic carbocycles. The molecule has 3 aliphatic heterocycles. The van der Waals surface area contributed by atoms with Gasteiger partial charge in [-0.25, -0.2) is 9.97 Å². The van der Waals surface area contributed by atoms with Crippen LogP contribution in [0.1, 0.15) is 58.1 Å². The van der Waals surface area contributed by atoms with E-state index in [0.717, 1.165) is 16.5 Å². The summed E-state index contributed by atoms with van der Waals surface area (Å²) in [5.74, 6) is -0.397. The maximum absolute atomic E-state index is 13.9. The number of amides is 3. The molecule has 0 radical (unpaired) electrons. The number of likely N-dealkylation sites (N-methyl/N-ethyl adjacent to an activating group) is 1. The molecule has 7 rings (SSSR count). The third-order valence-electron chi connectivity index (χ3n) is 10.2. The van der Waals surface area contributed by atoms with Gasteiger partial charge in [-0.15, -0.1) is 11.3 Å². The van der Waals surface area contributed by atoms with Crippen LogP contribution in [0.2, 0.25) is 0 Å². The second-order valence-corrected chi connectivity index (χ2v) is 15.9. The molecule has 2 saturated heterocycles. The van der Waals surface area contributed by atoms with Gasteiger partial charge in [0.1, 0.15) is 11.9 Å². The fourth-order valence-corrected chi connectivity index (χ4v) is 8.24. The Kier molecular flexibility index (Phi) is 10.00. The predicted octanol–water partition coefficient (Wildman–Crippen LogP) is 3.98. The number of fused-ring (bicyclic) bond motifs is 1. The minimum absolute atomic E-state index is 0.0142. The Bertz CT molecular complexity index is 2220. The van der Waals surface area contributed by atoms with Crippen molar-refractivity contribution in [1.29, 1.82) is 0 Å². The highest BCUT2D eigenvalue weighted by Gasteiger charge is 2.42. The van der Waals surface area contributed by atoms with Crippen LogP contribution in [0.5, 0.6) is 0 Å². The highest BCUT2D eigenvalue weighted by molar-refractivity contribution is 7.14. The predicted molar refractivity (Wildman–Crippen MR) is 207 cm³/mol. The van der Waals surface area contributed by atoms with Gasteiger partial charge in [-0.1, -0.05) is 33.4 Å². The van der Waals surface area contributed by atoms with E-state index in [1.54, 1.807) is 60.6 Å². The summed E-state index contributed by atoms with van der Waals surface area (Å²) in [5.41, 5.74) is 3.20. The fraction of sp³-hybridized carbons (Fsp3) is 0.385. The van der Waals surface area contributed by atoms with E-state index in [2.05, 4.69) is 53.9 Å². The average Bonchev–Trinajstić information content (AvgIpc) is 3.58. The first-order chi connectivity index (χ1) is 25.8. The number of carbonyl (C=O) groups is 3. The molecular weight excluding hydrogens is 709 g/mol. The summed E-state index contributed by atoms with van der Waals surface area (Å²) in [6.07, 6.45) is 4.94. The highest BCUT2D eigenvalue weighted by Crippen LogP contribution is 2.39. The van der Waals surface area contributed by atoms with E-state index in [1.807, 2.05) is 0 Å². The normalized spacial score (nSPS) is 18.0. The zero-order valence-electron chi connectivity index (χ0n) is 31.0. The minimum atomic E-state index is -0.655. The highest BCUT2D eigenvalue weighted by atomic mass is 32.1. The molecule has 15 heteroatoms. The summed E-state index contributed by atoms with van der Waals surface area (Å²) in [6.45, 7) is 12.2. The number of thiophene rings is 1. The zero-order chi connectivity index (χ0) is 38.5. The van der Waals surface area contributed by atoms with Crippen molar-refractivity contribution in [2.24, 2.45) is 7.05 Å². The van der Waals surface area contributed by atoms with Crippen molar-refractivity contribution in [2.45, 2.75) is 51.3 Å². The maximum atomic E-state index is 13.9. The van der Waals surface area contributed by atoms with E-state index < -0.39 is 24.1 Å². The molecule has 54 heavy (non-hydrogen) atoms. The second kappa shape index (κ2) is 14.5. The number of hydrogen-bond acceptors (Lipinski definition) is 11. The number of piperazine rings is 1. The van der Waals surface area contributed by atoms with Crippen LogP contribution in [0.3, 0.4) is 0 Å². The van der Waals surface area contributed by atoms with Gasteiger partial charge in [0.2, 0.25) is 11.8 Å². The molecule has 3 aromatic heterocycles. The van der Waals surface area contributed by atoms with Gasteiger partial charge in [0, 0.05) is 79.1 Å². The van der Waals surface area contributed by atoms with E-state index in [0.29, 0.717) is 83.7 Å². The Labute approximate surface area is 317 Å². The molecule has 1 unspecified atom stereocenters. The number of nitrogens with zero attached hydrogens (tertiary/aromatic N) is 6. The topological polar surface area (TPSA) is 162 Å². The van der Waals surface area contributed by atoms with Crippen molar-refractivity contribution in [3.8, 4) is 11.3 Å². The van der Waals surface area contributed by atoms with Gasteiger partial charge in [0.05, 0.1) is 36.4 Å². The summed E-state index contributed by atoms with van der Waals surface area (Å²) < 4.78 is 6.83. The largest absolute Gasteiger partial charge is 0.392 e. The number of rotatable bonds is 9. The number of hydrogen-bond donors (Lipinski definition) is 3. The average molecular weight is 753 g/mol.